The van der Waals surface area contributed by atoms with Crippen LogP contribution >= 0.6 is 0 Å². The van der Waals surface area contributed by atoms with E-state index in [2.05, 4.69) is 0 Å². The predicted octanol–water partition coefficient (Wildman–Crippen LogP) is 3.94. The lowest BCUT2D eigenvalue weighted by Crippen LogP contribution is -2.05. The minimum atomic E-state index is -0.833. The number of benzene rings is 2. The highest BCUT2D eigenvalue weighted by molar-refractivity contribution is 5.62. The molecule has 0 unspecified atom stereocenters. The molecule has 0 aromatic heterocycles. The van der Waals surface area contributed by atoms with Gasteiger partial charge in [0.15, 0.2) is 0 Å². The minimum absolute atomic E-state index is 0.150. The van der Waals surface area contributed by atoms with Crippen molar-refractivity contribution in [1.29, 1.82) is 0 Å². The molecule has 5 nitrogen and oxygen atoms in total. The van der Waals surface area contributed by atoms with Crippen LogP contribution in [0, 0.1) is 0 Å². The topological polar surface area (TPSA) is 81.8 Å². The summed E-state index contributed by atoms with van der Waals surface area (Å²) in [6.45, 7) is 5.07. The molecule has 0 amide bonds. The first kappa shape index (κ1) is 17.4. The molecule has 118 valence electrons. The molecule has 0 atom stereocenters. The molecule has 2 aromatic carbocycles. The monoisotopic (exact) mass is 303 g/mol. The molecular weight excluding hydrogens is 282 g/mol. The molecule has 22 heavy (non-hydrogen) atoms. The smallest absolute Gasteiger partial charge is 0.300 e. The predicted molar refractivity (Wildman–Crippen MR) is 86.4 cm³/mol. The summed E-state index contributed by atoms with van der Waals surface area (Å²) in [5, 5.41) is 7.42. The molecule has 0 bridgehead atoms. The second kappa shape index (κ2) is 8.56. The number of hydrogen-bond donors (Lipinski definition) is 2. The normalized spacial score (nSPS) is 9.64. The van der Waals surface area contributed by atoms with Crippen molar-refractivity contribution in [3.05, 3.63) is 48.5 Å². The molecule has 2 aromatic rings. The van der Waals surface area contributed by atoms with Crippen molar-refractivity contribution in [2.75, 3.05) is 5.73 Å². The van der Waals surface area contributed by atoms with E-state index in [0.29, 0.717) is 0 Å². The van der Waals surface area contributed by atoms with Gasteiger partial charge in [-0.2, -0.15) is 0 Å². The molecule has 0 spiro atoms. The van der Waals surface area contributed by atoms with Crippen LogP contribution in [0.2, 0.25) is 0 Å². The lowest BCUT2D eigenvalue weighted by Gasteiger charge is -2.11. The van der Waals surface area contributed by atoms with Gasteiger partial charge in [-0.25, -0.2) is 0 Å². The SMILES string of the molecule is CC(=O)O.CC(C)Oc1cccc(Oc2ccc(N)cc2)c1. The van der Waals surface area contributed by atoms with Crippen LogP contribution in [0.4, 0.5) is 5.69 Å². The number of carboxylic acid groups (broad SMARTS) is 1. The fraction of sp³-hybridized carbons (Fsp3) is 0.235. The van der Waals surface area contributed by atoms with Crippen LogP contribution < -0.4 is 15.2 Å². The minimum Gasteiger partial charge on any atom is -0.491 e. The number of hydrogen-bond acceptors (Lipinski definition) is 4. The summed E-state index contributed by atoms with van der Waals surface area (Å²) < 4.78 is 11.3. The first-order valence-corrected chi connectivity index (χ1v) is 6.86. The van der Waals surface area contributed by atoms with E-state index >= 15 is 0 Å². The van der Waals surface area contributed by atoms with Gasteiger partial charge in [-0.05, 0) is 50.2 Å². The molecule has 0 heterocycles. The highest BCUT2D eigenvalue weighted by Gasteiger charge is 2.01. The standard InChI is InChI=1S/C15H17NO2.C2H4O2/c1-11(2)17-14-4-3-5-15(10-14)18-13-8-6-12(16)7-9-13;1-2(3)4/h3-11H,16H2,1-2H3;1H3,(H,3,4). The van der Waals surface area contributed by atoms with E-state index in [0.717, 1.165) is 29.9 Å². The summed E-state index contributed by atoms with van der Waals surface area (Å²) in [7, 11) is 0. The number of carbonyl (C=O) groups is 1. The summed E-state index contributed by atoms with van der Waals surface area (Å²) in [4.78, 5) is 9.00. The van der Waals surface area contributed by atoms with Crippen molar-refractivity contribution in [3.63, 3.8) is 0 Å². The maximum absolute atomic E-state index is 9.00. The largest absolute Gasteiger partial charge is 0.491 e. The molecule has 0 radical (unpaired) electrons. The third-order valence-electron chi connectivity index (χ3n) is 2.29. The maximum atomic E-state index is 9.00. The molecule has 2 rings (SSSR count). The van der Waals surface area contributed by atoms with Gasteiger partial charge in [-0.1, -0.05) is 6.07 Å². The molecular formula is C17H21NO4. The summed E-state index contributed by atoms with van der Waals surface area (Å²) in [5.74, 6) is 1.47. The number of aliphatic carboxylic acids is 1. The lowest BCUT2D eigenvalue weighted by atomic mass is 10.3. The average Bonchev–Trinajstić information content (AvgIpc) is 2.40. The van der Waals surface area contributed by atoms with Crippen LogP contribution in [-0.2, 0) is 4.79 Å². The second-order valence-corrected chi connectivity index (χ2v) is 4.83. The van der Waals surface area contributed by atoms with Gasteiger partial charge in [0.05, 0.1) is 6.10 Å². The Kier molecular flexibility index (Phi) is 6.76. The van der Waals surface area contributed by atoms with Gasteiger partial charge in [0.1, 0.15) is 17.2 Å². The Labute approximate surface area is 130 Å². The second-order valence-electron chi connectivity index (χ2n) is 4.83. The zero-order valence-electron chi connectivity index (χ0n) is 12.9. The van der Waals surface area contributed by atoms with E-state index < -0.39 is 5.97 Å². The fourth-order valence-corrected chi connectivity index (χ4v) is 1.56. The van der Waals surface area contributed by atoms with Crippen molar-refractivity contribution in [1.82, 2.24) is 0 Å². The average molecular weight is 303 g/mol. The molecule has 3 N–H and O–H groups in total. The van der Waals surface area contributed by atoms with Crippen molar-refractivity contribution in [3.8, 4) is 17.2 Å². The highest BCUT2D eigenvalue weighted by atomic mass is 16.5. The van der Waals surface area contributed by atoms with Gasteiger partial charge in [-0.3, -0.25) is 4.79 Å². The number of nitrogens with two attached hydrogens (primary N) is 1. The first-order chi connectivity index (χ1) is 10.4. The number of nitrogen functional groups attached to an aromatic ring is 1. The molecule has 0 saturated carbocycles. The van der Waals surface area contributed by atoms with Crippen LogP contribution in [0.1, 0.15) is 20.8 Å². The third kappa shape index (κ3) is 7.19. The van der Waals surface area contributed by atoms with Gasteiger partial charge in [0.2, 0.25) is 0 Å². The molecule has 0 fully saturated rings. The van der Waals surface area contributed by atoms with E-state index in [1.54, 1.807) is 0 Å². The molecule has 0 aliphatic rings. The van der Waals surface area contributed by atoms with E-state index in [1.165, 1.54) is 0 Å². The van der Waals surface area contributed by atoms with E-state index in [9.17, 15) is 0 Å². The van der Waals surface area contributed by atoms with Crippen LogP contribution in [0.15, 0.2) is 48.5 Å². The molecule has 0 aliphatic carbocycles. The Balaban J connectivity index is 0.000000541. The molecule has 0 saturated heterocycles. The highest BCUT2D eigenvalue weighted by Crippen LogP contribution is 2.26. The fourth-order valence-electron chi connectivity index (χ4n) is 1.56. The zero-order valence-corrected chi connectivity index (χ0v) is 12.9. The summed E-state index contributed by atoms with van der Waals surface area (Å²) in [6, 6.07) is 14.9. The van der Waals surface area contributed by atoms with Gasteiger partial charge in [-0.15, -0.1) is 0 Å². The quantitative estimate of drug-likeness (QED) is 0.836. The Morgan fingerprint density at radius 1 is 1.05 bits per heavy atom. The summed E-state index contributed by atoms with van der Waals surface area (Å²) in [6.07, 6.45) is 0.150. The van der Waals surface area contributed by atoms with Crippen LogP contribution in [0.5, 0.6) is 17.2 Å². The van der Waals surface area contributed by atoms with E-state index in [1.807, 2.05) is 62.4 Å². The molecule has 5 heteroatoms. The van der Waals surface area contributed by atoms with Crippen LogP contribution in [-0.4, -0.2) is 17.2 Å². The first-order valence-electron chi connectivity index (χ1n) is 6.86. The Morgan fingerprint density at radius 3 is 2.14 bits per heavy atom. The van der Waals surface area contributed by atoms with Gasteiger partial charge in [0, 0.05) is 18.7 Å². The Bertz CT molecular complexity index is 590. The summed E-state index contributed by atoms with van der Waals surface area (Å²) in [5.41, 5.74) is 6.34. The van der Waals surface area contributed by atoms with Gasteiger partial charge >= 0.3 is 0 Å². The number of carboxylic acids is 1. The molecule has 0 aliphatic heterocycles. The van der Waals surface area contributed by atoms with Gasteiger partial charge < -0.3 is 20.3 Å². The zero-order chi connectivity index (χ0) is 16.5. The van der Waals surface area contributed by atoms with Crippen LogP contribution in [0.25, 0.3) is 0 Å². The van der Waals surface area contributed by atoms with Gasteiger partial charge in [0.25, 0.3) is 5.97 Å². The number of rotatable bonds is 4. The number of ether oxygens (including phenoxy) is 2. The van der Waals surface area contributed by atoms with Crippen molar-refractivity contribution in [2.24, 2.45) is 0 Å². The number of anilines is 1. The Morgan fingerprint density at radius 2 is 1.59 bits per heavy atom. The van der Waals surface area contributed by atoms with Crippen molar-refractivity contribution >= 4 is 11.7 Å². The van der Waals surface area contributed by atoms with Crippen molar-refractivity contribution < 1.29 is 19.4 Å². The maximum Gasteiger partial charge on any atom is 0.300 e. The van der Waals surface area contributed by atoms with Crippen molar-refractivity contribution in [2.45, 2.75) is 26.9 Å². The third-order valence-corrected chi connectivity index (χ3v) is 2.29. The van der Waals surface area contributed by atoms with E-state index in [4.69, 9.17) is 25.1 Å². The van der Waals surface area contributed by atoms with Crippen LogP contribution in [0.3, 0.4) is 0 Å². The Hall–Kier alpha value is -2.69. The summed E-state index contributed by atoms with van der Waals surface area (Å²) >= 11 is 0. The lowest BCUT2D eigenvalue weighted by molar-refractivity contribution is -0.134. The van der Waals surface area contributed by atoms with E-state index in [-0.39, 0.29) is 6.10 Å².